The number of hydrogen-bond donors (Lipinski definition) is 1. The predicted molar refractivity (Wildman–Crippen MR) is 92.1 cm³/mol. The highest BCUT2D eigenvalue weighted by Gasteiger charge is 2.24. The molecular weight excluding hydrogens is 272 g/mol. The fourth-order valence-electron chi connectivity index (χ4n) is 2.79. The molecule has 0 bridgehead atoms. The van der Waals surface area contributed by atoms with Crippen LogP contribution in [0.1, 0.15) is 39.2 Å². The van der Waals surface area contributed by atoms with Crippen molar-refractivity contribution in [3.8, 4) is 5.75 Å². The summed E-state index contributed by atoms with van der Waals surface area (Å²) >= 11 is 0. The lowest BCUT2D eigenvalue weighted by Crippen LogP contribution is -2.21. The first-order valence-corrected chi connectivity index (χ1v) is 8.09. The van der Waals surface area contributed by atoms with Crippen molar-refractivity contribution >= 4 is 0 Å². The van der Waals surface area contributed by atoms with E-state index >= 15 is 0 Å². The van der Waals surface area contributed by atoms with E-state index in [2.05, 4.69) is 51.1 Å². The van der Waals surface area contributed by atoms with Gasteiger partial charge in [-0.1, -0.05) is 51.1 Å². The number of aliphatic hydroxyl groups excluding tert-OH is 1. The summed E-state index contributed by atoms with van der Waals surface area (Å²) < 4.78 is 5.16. The molecule has 2 unspecified atom stereocenters. The number of aliphatic hydroxyl groups is 1. The first-order valence-electron chi connectivity index (χ1n) is 8.09. The smallest absolute Gasteiger partial charge is 0.118 e. The average molecular weight is 300 g/mol. The molecule has 2 rings (SSSR count). The lowest BCUT2D eigenvalue weighted by Gasteiger charge is -2.30. The predicted octanol–water partition coefficient (Wildman–Crippen LogP) is 4.54. The van der Waals surface area contributed by atoms with E-state index in [0.717, 1.165) is 30.6 Å². The van der Waals surface area contributed by atoms with Gasteiger partial charge in [0.05, 0.1) is 13.2 Å². The molecule has 1 aliphatic rings. The molecule has 2 atom stereocenters. The highest BCUT2D eigenvalue weighted by Crippen LogP contribution is 2.34. The maximum atomic E-state index is 10.4. The SMILES string of the molecule is COc1ccc(CCC(O)C2=CCC(C(C)(C)C)C=C2)cc1. The number of aryl methyl sites for hydroxylation is 1. The van der Waals surface area contributed by atoms with Crippen LogP contribution in [0.3, 0.4) is 0 Å². The van der Waals surface area contributed by atoms with Crippen LogP contribution in [0.15, 0.2) is 48.1 Å². The Bertz CT molecular complexity index is 532. The van der Waals surface area contributed by atoms with Gasteiger partial charge in [-0.05, 0) is 53.9 Å². The van der Waals surface area contributed by atoms with Gasteiger partial charge in [-0.3, -0.25) is 0 Å². The molecule has 2 nitrogen and oxygen atoms in total. The Morgan fingerprint density at radius 2 is 1.91 bits per heavy atom. The largest absolute Gasteiger partial charge is 0.497 e. The van der Waals surface area contributed by atoms with Gasteiger partial charge in [0, 0.05) is 0 Å². The highest BCUT2D eigenvalue weighted by molar-refractivity contribution is 5.30. The van der Waals surface area contributed by atoms with Crippen LogP contribution >= 0.6 is 0 Å². The second-order valence-electron chi connectivity index (χ2n) is 7.17. The fraction of sp³-hybridized carbons (Fsp3) is 0.500. The monoisotopic (exact) mass is 300 g/mol. The van der Waals surface area contributed by atoms with E-state index in [1.807, 2.05) is 12.1 Å². The number of rotatable bonds is 5. The van der Waals surface area contributed by atoms with Crippen LogP contribution in [0.2, 0.25) is 0 Å². The zero-order chi connectivity index (χ0) is 16.2. The summed E-state index contributed by atoms with van der Waals surface area (Å²) in [4.78, 5) is 0. The zero-order valence-corrected chi connectivity index (χ0v) is 14.2. The van der Waals surface area contributed by atoms with Crippen LogP contribution in [-0.4, -0.2) is 18.3 Å². The van der Waals surface area contributed by atoms with Crippen molar-refractivity contribution < 1.29 is 9.84 Å². The van der Waals surface area contributed by atoms with Crippen molar-refractivity contribution in [2.45, 2.75) is 46.1 Å². The van der Waals surface area contributed by atoms with Gasteiger partial charge in [0.15, 0.2) is 0 Å². The van der Waals surface area contributed by atoms with Gasteiger partial charge < -0.3 is 9.84 Å². The molecule has 0 fully saturated rings. The molecule has 0 aromatic heterocycles. The Balaban J connectivity index is 1.86. The van der Waals surface area contributed by atoms with Crippen LogP contribution in [0, 0.1) is 11.3 Å². The van der Waals surface area contributed by atoms with Crippen molar-refractivity contribution in [3.63, 3.8) is 0 Å². The normalized spacial score (nSPS) is 19.7. The molecule has 1 N–H and O–H groups in total. The van der Waals surface area contributed by atoms with Crippen molar-refractivity contribution in [2.75, 3.05) is 7.11 Å². The number of benzene rings is 1. The Kier molecular flexibility index (Phi) is 5.47. The maximum absolute atomic E-state index is 10.4. The van der Waals surface area contributed by atoms with Gasteiger partial charge in [-0.25, -0.2) is 0 Å². The molecule has 0 spiro atoms. The van der Waals surface area contributed by atoms with E-state index in [4.69, 9.17) is 4.74 Å². The van der Waals surface area contributed by atoms with Crippen LogP contribution in [0.25, 0.3) is 0 Å². The summed E-state index contributed by atoms with van der Waals surface area (Å²) in [5.41, 5.74) is 2.58. The molecular formula is C20H28O2. The molecule has 1 aliphatic carbocycles. The molecule has 1 aromatic carbocycles. The summed E-state index contributed by atoms with van der Waals surface area (Å²) in [6.07, 6.45) is 8.84. The minimum absolute atomic E-state index is 0.284. The highest BCUT2D eigenvalue weighted by atomic mass is 16.5. The summed E-state index contributed by atoms with van der Waals surface area (Å²) in [5, 5.41) is 10.4. The molecule has 0 aliphatic heterocycles. The van der Waals surface area contributed by atoms with E-state index in [1.165, 1.54) is 5.56 Å². The standard InChI is InChI=1S/C20H28O2/c1-20(2,3)17-10-8-16(9-11-17)19(21)14-7-15-5-12-18(22-4)13-6-15/h5-6,8-10,12-13,17,19,21H,7,11,14H2,1-4H3. The molecule has 0 radical (unpaired) electrons. The van der Waals surface area contributed by atoms with E-state index in [0.29, 0.717) is 5.92 Å². The van der Waals surface area contributed by atoms with Gasteiger partial charge in [0.2, 0.25) is 0 Å². The van der Waals surface area contributed by atoms with Crippen LogP contribution in [0.5, 0.6) is 5.75 Å². The molecule has 2 heteroatoms. The molecule has 0 saturated carbocycles. The Morgan fingerprint density at radius 3 is 2.41 bits per heavy atom. The number of allylic oxidation sites excluding steroid dienone is 2. The lowest BCUT2D eigenvalue weighted by atomic mass is 9.76. The molecule has 1 aromatic rings. The van der Waals surface area contributed by atoms with E-state index < -0.39 is 0 Å². The first kappa shape index (κ1) is 16.8. The first-order chi connectivity index (χ1) is 10.4. The second-order valence-corrected chi connectivity index (χ2v) is 7.17. The van der Waals surface area contributed by atoms with Gasteiger partial charge in [0.1, 0.15) is 5.75 Å². The van der Waals surface area contributed by atoms with Gasteiger partial charge in [0.25, 0.3) is 0 Å². The Labute approximate surface area is 134 Å². The molecule has 0 amide bonds. The fourth-order valence-corrected chi connectivity index (χ4v) is 2.79. The average Bonchev–Trinajstić information content (AvgIpc) is 2.52. The third kappa shape index (κ3) is 4.48. The summed E-state index contributed by atoms with van der Waals surface area (Å²) in [5.74, 6) is 1.43. The second kappa shape index (κ2) is 7.15. The van der Waals surface area contributed by atoms with E-state index in [9.17, 15) is 5.11 Å². The Hall–Kier alpha value is -1.54. The molecule has 0 heterocycles. The van der Waals surface area contributed by atoms with Crippen molar-refractivity contribution in [1.29, 1.82) is 0 Å². The maximum Gasteiger partial charge on any atom is 0.118 e. The van der Waals surface area contributed by atoms with Crippen LogP contribution in [-0.2, 0) is 6.42 Å². The summed E-state index contributed by atoms with van der Waals surface area (Å²) in [6, 6.07) is 8.06. The Morgan fingerprint density at radius 1 is 1.23 bits per heavy atom. The molecule has 22 heavy (non-hydrogen) atoms. The third-order valence-corrected chi connectivity index (χ3v) is 4.49. The minimum atomic E-state index is -0.376. The topological polar surface area (TPSA) is 29.5 Å². The zero-order valence-electron chi connectivity index (χ0n) is 14.2. The third-order valence-electron chi connectivity index (χ3n) is 4.49. The lowest BCUT2D eigenvalue weighted by molar-refractivity contribution is 0.201. The van der Waals surface area contributed by atoms with Crippen molar-refractivity contribution in [1.82, 2.24) is 0 Å². The number of hydrogen-bond acceptors (Lipinski definition) is 2. The minimum Gasteiger partial charge on any atom is -0.497 e. The van der Waals surface area contributed by atoms with Gasteiger partial charge in [-0.15, -0.1) is 0 Å². The van der Waals surface area contributed by atoms with Crippen LogP contribution < -0.4 is 4.74 Å². The van der Waals surface area contributed by atoms with Crippen LogP contribution in [0.4, 0.5) is 0 Å². The van der Waals surface area contributed by atoms with Crippen molar-refractivity contribution in [3.05, 3.63) is 53.6 Å². The summed E-state index contributed by atoms with van der Waals surface area (Å²) in [7, 11) is 1.67. The molecule has 120 valence electrons. The number of ether oxygens (including phenoxy) is 1. The quantitative estimate of drug-likeness (QED) is 0.865. The van der Waals surface area contributed by atoms with Crippen molar-refractivity contribution in [2.24, 2.45) is 11.3 Å². The van der Waals surface area contributed by atoms with Gasteiger partial charge in [-0.2, -0.15) is 0 Å². The van der Waals surface area contributed by atoms with E-state index in [1.54, 1.807) is 7.11 Å². The summed E-state index contributed by atoms with van der Waals surface area (Å²) in [6.45, 7) is 6.79. The van der Waals surface area contributed by atoms with E-state index in [-0.39, 0.29) is 11.5 Å². The van der Waals surface area contributed by atoms with Gasteiger partial charge >= 0.3 is 0 Å². The molecule has 0 saturated heterocycles. The number of methoxy groups -OCH3 is 1.